The summed E-state index contributed by atoms with van der Waals surface area (Å²) in [6, 6.07) is 28.5. The molecule has 0 unspecified atom stereocenters. The van der Waals surface area contributed by atoms with E-state index in [0.29, 0.717) is 70.9 Å². The van der Waals surface area contributed by atoms with Crippen molar-refractivity contribution in [2.45, 2.75) is 45.8 Å². The fourth-order valence-electron chi connectivity index (χ4n) is 4.94. The minimum absolute atomic E-state index is 0.248. The van der Waals surface area contributed by atoms with E-state index in [4.69, 9.17) is 28.1 Å². The van der Waals surface area contributed by atoms with E-state index in [9.17, 15) is 4.79 Å². The van der Waals surface area contributed by atoms with Crippen molar-refractivity contribution in [2.24, 2.45) is 0 Å². The average molecular weight is 595 g/mol. The summed E-state index contributed by atoms with van der Waals surface area (Å²) in [6.07, 6.45) is 4.15. The van der Waals surface area contributed by atoms with Gasteiger partial charge in [0.2, 0.25) is 5.75 Å². The van der Waals surface area contributed by atoms with Crippen LogP contribution in [0.2, 0.25) is 0 Å². The SMILES string of the molecule is CCCCCCOc1c(OC)c(OC)cc2oc(-c3ccc(OCc4ccccc4)c(OCc4ccccc4)c3)cc(=O)c12. The van der Waals surface area contributed by atoms with Gasteiger partial charge in [-0.25, -0.2) is 0 Å². The molecule has 0 saturated carbocycles. The van der Waals surface area contributed by atoms with E-state index >= 15 is 0 Å². The molecule has 44 heavy (non-hydrogen) atoms. The zero-order chi connectivity index (χ0) is 30.7. The van der Waals surface area contributed by atoms with Crippen molar-refractivity contribution < 1.29 is 28.1 Å². The van der Waals surface area contributed by atoms with Crippen molar-refractivity contribution in [1.29, 1.82) is 0 Å². The fourth-order valence-corrected chi connectivity index (χ4v) is 4.94. The van der Waals surface area contributed by atoms with Gasteiger partial charge in [-0.1, -0.05) is 86.8 Å². The van der Waals surface area contributed by atoms with Gasteiger partial charge in [0.05, 0.1) is 20.8 Å². The first-order chi connectivity index (χ1) is 21.6. The molecule has 228 valence electrons. The Morgan fingerprint density at radius 2 is 1.32 bits per heavy atom. The Hall–Kier alpha value is -4.91. The van der Waals surface area contributed by atoms with Crippen LogP contribution in [0.25, 0.3) is 22.3 Å². The van der Waals surface area contributed by atoms with Crippen molar-refractivity contribution in [2.75, 3.05) is 20.8 Å². The van der Waals surface area contributed by atoms with E-state index < -0.39 is 0 Å². The Labute approximate surface area is 257 Å². The Balaban J connectivity index is 1.50. The van der Waals surface area contributed by atoms with Crippen LogP contribution in [0.3, 0.4) is 0 Å². The Morgan fingerprint density at radius 3 is 1.95 bits per heavy atom. The lowest BCUT2D eigenvalue weighted by Crippen LogP contribution is -2.08. The molecular formula is C37H38O7. The van der Waals surface area contributed by atoms with Crippen LogP contribution in [0.4, 0.5) is 0 Å². The Morgan fingerprint density at radius 1 is 0.636 bits per heavy atom. The quantitative estimate of drug-likeness (QED) is 0.112. The number of ether oxygens (including phenoxy) is 5. The van der Waals surface area contributed by atoms with Gasteiger partial charge in [-0.15, -0.1) is 0 Å². The molecule has 0 spiro atoms. The zero-order valence-corrected chi connectivity index (χ0v) is 25.5. The van der Waals surface area contributed by atoms with Gasteiger partial charge in [-0.05, 0) is 35.7 Å². The standard InChI is InChI=1S/C37H38O7/c1-4-5-6-13-20-41-37-35-29(38)22-31(44-33(35)23-34(39-2)36(37)40-3)28-18-19-30(42-24-26-14-9-7-10-15-26)32(21-28)43-25-27-16-11-8-12-17-27/h7-12,14-19,21-23H,4-6,13,20,24-25H2,1-3H3. The Kier molecular flexibility index (Phi) is 10.4. The van der Waals surface area contributed by atoms with Gasteiger partial charge < -0.3 is 28.1 Å². The average Bonchev–Trinajstić information content (AvgIpc) is 3.06. The highest BCUT2D eigenvalue weighted by Crippen LogP contribution is 2.43. The van der Waals surface area contributed by atoms with Gasteiger partial charge in [-0.3, -0.25) is 4.79 Å². The predicted molar refractivity (Wildman–Crippen MR) is 172 cm³/mol. The lowest BCUT2D eigenvalue weighted by Gasteiger charge is -2.17. The van der Waals surface area contributed by atoms with Gasteiger partial charge in [0.1, 0.15) is 29.9 Å². The molecular weight excluding hydrogens is 556 g/mol. The first kappa shape index (κ1) is 30.5. The van der Waals surface area contributed by atoms with Crippen molar-refractivity contribution in [1.82, 2.24) is 0 Å². The zero-order valence-electron chi connectivity index (χ0n) is 25.5. The molecule has 0 N–H and O–H groups in total. The highest BCUT2D eigenvalue weighted by atomic mass is 16.5. The smallest absolute Gasteiger partial charge is 0.204 e. The summed E-state index contributed by atoms with van der Waals surface area (Å²) in [5, 5.41) is 0.310. The maximum atomic E-state index is 13.6. The summed E-state index contributed by atoms with van der Waals surface area (Å²) >= 11 is 0. The van der Waals surface area contributed by atoms with E-state index in [-0.39, 0.29) is 5.43 Å². The minimum Gasteiger partial charge on any atom is -0.493 e. The number of hydrogen-bond donors (Lipinski definition) is 0. The second-order valence-electron chi connectivity index (χ2n) is 10.4. The van der Waals surface area contributed by atoms with E-state index in [1.54, 1.807) is 13.2 Å². The molecule has 1 aromatic heterocycles. The summed E-state index contributed by atoms with van der Waals surface area (Å²) in [6.45, 7) is 3.34. The summed E-state index contributed by atoms with van der Waals surface area (Å²) < 4.78 is 36.1. The van der Waals surface area contributed by atoms with E-state index in [1.807, 2.05) is 78.9 Å². The molecule has 0 aliphatic rings. The third-order valence-electron chi connectivity index (χ3n) is 7.27. The molecule has 0 radical (unpaired) electrons. The van der Waals surface area contributed by atoms with Crippen LogP contribution in [-0.2, 0) is 13.2 Å². The third kappa shape index (κ3) is 7.35. The number of fused-ring (bicyclic) bond motifs is 1. The number of methoxy groups -OCH3 is 2. The molecule has 0 saturated heterocycles. The van der Waals surface area contributed by atoms with E-state index in [1.165, 1.54) is 13.2 Å². The van der Waals surface area contributed by atoms with Crippen LogP contribution in [0.1, 0.15) is 43.7 Å². The molecule has 1 heterocycles. The van der Waals surface area contributed by atoms with Gasteiger partial charge in [0, 0.05) is 17.7 Å². The summed E-state index contributed by atoms with van der Waals surface area (Å²) in [7, 11) is 3.07. The highest BCUT2D eigenvalue weighted by molar-refractivity contribution is 5.90. The van der Waals surface area contributed by atoms with Crippen LogP contribution < -0.4 is 29.1 Å². The second-order valence-corrected chi connectivity index (χ2v) is 10.4. The maximum absolute atomic E-state index is 13.6. The van der Waals surface area contributed by atoms with Crippen LogP contribution in [0.5, 0.6) is 28.7 Å². The van der Waals surface area contributed by atoms with Crippen LogP contribution in [-0.4, -0.2) is 20.8 Å². The Bertz CT molecular complexity index is 1710. The van der Waals surface area contributed by atoms with Crippen molar-refractivity contribution in [3.63, 3.8) is 0 Å². The molecule has 0 amide bonds. The molecule has 5 aromatic rings. The molecule has 7 nitrogen and oxygen atoms in total. The lowest BCUT2D eigenvalue weighted by atomic mass is 10.1. The fraction of sp³-hybridized carbons (Fsp3) is 0.270. The largest absolute Gasteiger partial charge is 0.493 e. The molecule has 0 atom stereocenters. The van der Waals surface area contributed by atoms with Crippen molar-refractivity contribution in [3.05, 3.63) is 112 Å². The lowest BCUT2D eigenvalue weighted by molar-refractivity contribution is 0.256. The number of unbranched alkanes of at least 4 members (excludes halogenated alkanes) is 3. The van der Waals surface area contributed by atoms with Gasteiger partial charge in [-0.2, -0.15) is 0 Å². The molecule has 0 aliphatic heterocycles. The monoisotopic (exact) mass is 594 g/mol. The van der Waals surface area contributed by atoms with E-state index in [0.717, 1.165) is 36.8 Å². The van der Waals surface area contributed by atoms with Crippen molar-refractivity contribution >= 4 is 11.0 Å². The van der Waals surface area contributed by atoms with Gasteiger partial charge in [0.25, 0.3) is 0 Å². The molecule has 7 heteroatoms. The minimum atomic E-state index is -0.248. The predicted octanol–water partition coefficient (Wildman–Crippen LogP) is 8.59. The highest BCUT2D eigenvalue weighted by Gasteiger charge is 2.22. The van der Waals surface area contributed by atoms with E-state index in [2.05, 4.69) is 6.92 Å². The summed E-state index contributed by atoms with van der Waals surface area (Å²) in [4.78, 5) is 13.6. The number of rotatable bonds is 15. The summed E-state index contributed by atoms with van der Waals surface area (Å²) in [5.74, 6) is 2.61. The topological polar surface area (TPSA) is 76.4 Å². The van der Waals surface area contributed by atoms with Gasteiger partial charge in [0.15, 0.2) is 28.4 Å². The number of hydrogen-bond acceptors (Lipinski definition) is 7. The van der Waals surface area contributed by atoms with Gasteiger partial charge >= 0.3 is 0 Å². The van der Waals surface area contributed by atoms with Crippen LogP contribution >= 0.6 is 0 Å². The second kappa shape index (κ2) is 15.0. The molecule has 4 aromatic carbocycles. The summed E-state index contributed by atoms with van der Waals surface area (Å²) in [5.41, 5.74) is 2.81. The number of benzene rings is 4. The third-order valence-corrected chi connectivity index (χ3v) is 7.27. The van der Waals surface area contributed by atoms with Crippen LogP contribution in [0, 0.1) is 0 Å². The normalized spacial score (nSPS) is 10.9. The van der Waals surface area contributed by atoms with Crippen LogP contribution in [0.15, 0.2) is 100 Å². The molecule has 0 fully saturated rings. The molecule has 5 rings (SSSR count). The maximum Gasteiger partial charge on any atom is 0.204 e. The first-order valence-electron chi connectivity index (χ1n) is 14.9. The molecule has 0 bridgehead atoms. The first-order valence-corrected chi connectivity index (χ1v) is 14.9. The van der Waals surface area contributed by atoms with Crippen molar-refractivity contribution in [3.8, 4) is 40.1 Å². The molecule has 0 aliphatic carbocycles.